The van der Waals surface area contributed by atoms with E-state index in [9.17, 15) is 0 Å². The van der Waals surface area contributed by atoms with Crippen molar-refractivity contribution in [2.24, 2.45) is 5.73 Å². The van der Waals surface area contributed by atoms with Crippen LogP contribution < -0.4 is 5.73 Å². The predicted molar refractivity (Wildman–Crippen MR) is 52.8 cm³/mol. The molecule has 2 heterocycles. The van der Waals surface area contributed by atoms with Crippen molar-refractivity contribution in [1.29, 1.82) is 0 Å². The van der Waals surface area contributed by atoms with Gasteiger partial charge in [-0.3, -0.25) is 0 Å². The molecule has 1 aromatic rings. The monoisotopic (exact) mass is 193 g/mol. The molecule has 1 aliphatic rings. The van der Waals surface area contributed by atoms with E-state index < -0.39 is 0 Å². The Morgan fingerprint density at radius 2 is 2.50 bits per heavy atom. The second kappa shape index (κ2) is 4.02. The number of nitrogens with zero attached hydrogens (tertiary/aromatic N) is 2. The van der Waals surface area contributed by atoms with Crippen LogP contribution in [0.15, 0.2) is 18.3 Å². The second-order valence-corrected chi connectivity index (χ2v) is 3.75. The van der Waals surface area contributed by atoms with Gasteiger partial charge in [0.1, 0.15) is 0 Å². The van der Waals surface area contributed by atoms with Gasteiger partial charge in [-0.15, -0.1) is 0 Å². The van der Waals surface area contributed by atoms with Crippen molar-refractivity contribution < 1.29 is 4.74 Å². The van der Waals surface area contributed by atoms with Crippen LogP contribution in [0.4, 0.5) is 0 Å². The van der Waals surface area contributed by atoms with Crippen LogP contribution in [0.2, 0.25) is 0 Å². The molecule has 1 aliphatic heterocycles. The molecule has 0 radical (unpaired) electrons. The molecule has 0 aromatic carbocycles. The average Bonchev–Trinajstić information content (AvgIpc) is 2.31. The lowest BCUT2D eigenvalue weighted by atomic mass is 9.79. The van der Waals surface area contributed by atoms with Gasteiger partial charge in [0.05, 0.1) is 17.7 Å². The summed E-state index contributed by atoms with van der Waals surface area (Å²) in [6, 6.07) is 3.88. The van der Waals surface area contributed by atoms with Gasteiger partial charge in [-0.1, -0.05) is 0 Å². The van der Waals surface area contributed by atoms with Crippen LogP contribution in [0.25, 0.3) is 0 Å². The van der Waals surface area contributed by atoms with E-state index in [4.69, 9.17) is 10.5 Å². The molecule has 0 aliphatic carbocycles. The number of rotatable bonds is 2. The normalized spacial score (nSPS) is 27.5. The van der Waals surface area contributed by atoms with Crippen LogP contribution in [-0.2, 0) is 10.2 Å². The Morgan fingerprint density at radius 3 is 3.07 bits per heavy atom. The molecular formula is C10H15N3O. The summed E-state index contributed by atoms with van der Waals surface area (Å²) in [5.74, 6) is 0. The Kier molecular flexibility index (Phi) is 2.74. The molecule has 1 aromatic heterocycles. The first-order chi connectivity index (χ1) is 6.87. The highest BCUT2D eigenvalue weighted by Gasteiger charge is 2.34. The number of hydrogen-bond donors (Lipinski definition) is 1. The van der Waals surface area contributed by atoms with Crippen molar-refractivity contribution in [3.63, 3.8) is 0 Å². The molecule has 76 valence electrons. The van der Waals surface area contributed by atoms with E-state index in [1.807, 2.05) is 12.1 Å². The van der Waals surface area contributed by atoms with Gasteiger partial charge in [-0.2, -0.15) is 10.2 Å². The van der Waals surface area contributed by atoms with E-state index >= 15 is 0 Å². The first kappa shape index (κ1) is 9.55. The molecule has 2 rings (SSSR count). The summed E-state index contributed by atoms with van der Waals surface area (Å²) >= 11 is 0. The molecule has 14 heavy (non-hydrogen) atoms. The summed E-state index contributed by atoms with van der Waals surface area (Å²) in [5.41, 5.74) is 6.68. The molecular weight excluding hydrogens is 178 g/mol. The summed E-state index contributed by atoms with van der Waals surface area (Å²) in [5, 5.41) is 8.03. The van der Waals surface area contributed by atoms with Gasteiger partial charge >= 0.3 is 0 Å². The molecule has 1 atom stereocenters. The summed E-state index contributed by atoms with van der Waals surface area (Å²) < 4.78 is 5.48. The number of ether oxygens (including phenoxy) is 1. The molecule has 4 heteroatoms. The van der Waals surface area contributed by atoms with Crippen molar-refractivity contribution in [3.05, 3.63) is 24.0 Å². The van der Waals surface area contributed by atoms with Crippen LogP contribution in [0, 0.1) is 0 Å². The Hall–Kier alpha value is -1.00. The maximum atomic E-state index is 5.82. The number of aromatic nitrogens is 2. The van der Waals surface area contributed by atoms with Crippen LogP contribution in [0.3, 0.4) is 0 Å². The van der Waals surface area contributed by atoms with E-state index in [1.165, 1.54) is 0 Å². The highest BCUT2D eigenvalue weighted by molar-refractivity contribution is 5.16. The highest BCUT2D eigenvalue weighted by atomic mass is 16.5. The topological polar surface area (TPSA) is 61.0 Å². The molecule has 4 nitrogen and oxygen atoms in total. The lowest BCUT2D eigenvalue weighted by Crippen LogP contribution is -2.43. The van der Waals surface area contributed by atoms with E-state index in [-0.39, 0.29) is 5.41 Å². The quantitative estimate of drug-likeness (QED) is 0.742. The highest BCUT2D eigenvalue weighted by Crippen LogP contribution is 2.30. The minimum Gasteiger partial charge on any atom is -0.380 e. The van der Waals surface area contributed by atoms with Gasteiger partial charge < -0.3 is 10.5 Å². The SMILES string of the molecule is NCC1(c2cccnn2)CCCOC1. The summed E-state index contributed by atoms with van der Waals surface area (Å²) in [6.45, 7) is 2.08. The number of nitrogens with two attached hydrogens (primary N) is 1. The third kappa shape index (κ3) is 1.63. The first-order valence-electron chi connectivity index (χ1n) is 4.93. The van der Waals surface area contributed by atoms with Gasteiger partial charge in [-0.25, -0.2) is 0 Å². The third-order valence-electron chi connectivity index (χ3n) is 2.83. The molecule has 0 spiro atoms. The van der Waals surface area contributed by atoms with Crippen LogP contribution >= 0.6 is 0 Å². The van der Waals surface area contributed by atoms with Gasteiger partial charge in [-0.05, 0) is 25.0 Å². The first-order valence-corrected chi connectivity index (χ1v) is 4.93. The Bertz CT molecular complexity index is 283. The molecule has 0 saturated carbocycles. The summed E-state index contributed by atoms with van der Waals surface area (Å²) in [7, 11) is 0. The van der Waals surface area contributed by atoms with Crippen molar-refractivity contribution in [1.82, 2.24) is 10.2 Å². The minimum absolute atomic E-state index is 0.105. The van der Waals surface area contributed by atoms with Crippen LogP contribution in [-0.4, -0.2) is 30.0 Å². The Morgan fingerprint density at radius 1 is 1.57 bits per heavy atom. The fourth-order valence-corrected chi connectivity index (χ4v) is 1.90. The maximum absolute atomic E-state index is 5.82. The van der Waals surface area contributed by atoms with Crippen molar-refractivity contribution in [2.45, 2.75) is 18.3 Å². The third-order valence-corrected chi connectivity index (χ3v) is 2.83. The smallest absolute Gasteiger partial charge is 0.0728 e. The maximum Gasteiger partial charge on any atom is 0.0728 e. The molecule has 1 fully saturated rings. The zero-order chi connectivity index (χ0) is 9.86. The fourth-order valence-electron chi connectivity index (χ4n) is 1.90. The largest absolute Gasteiger partial charge is 0.380 e. The van der Waals surface area contributed by atoms with Crippen LogP contribution in [0.1, 0.15) is 18.5 Å². The van der Waals surface area contributed by atoms with Gasteiger partial charge in [0.25, 0.3) is 0 Å². The summed E-state index contributed by atoms with van der Waals surface area (Å²) in [6.07, 6.45) is 3.77. The minimum atomic E-state index is -0.105. The lowest BCUT2D eigenvalue weighted by molar-refractivity contribution is 0.0356. The number of hydrogen-bond acceptors (Lipinski definition) is 4. The Labute approximate surface area is 83.5 Å². The van der Waals surface area contributed by atoms with Crippen molar-refractivity contribution in [2.75, 3.05) is 19.8 Å². The van der Waals surface area contributed by atoms with Gasteiger partial charge in [0.2, 0.25) is 0 Å². The fraction of sp³-hybridized carbons (Fsp3) is 0.600. The standard InChI is InChI=1S/C10H15N3O/c11-7-10(4-2-6-14-8-10)9-3-1-5-12-13-9/h1,3,5H,2,4,6-8,11H2. The van der Waals surface area contributed by atoms with Crippen LogP contribution in [0.5, 0.6) is 0 Å². The molecule has 2 N–H and O–H groups in total. The average molecular weight is 193 g/mol. The summed E-state index contributed by atoms with van der Waals surface area (Å²) in [4.78, 5) is 0. The van der Waals surface area contributed by atoms with E-state index in [2.05, 4.69) is 10.2 Å². The molecule has 1 unspecified atom stereocenters. The molecule has 0 amide bonds. The lowest BCUT2D eigenvalue weighted by Gasteiger charge is -2.34. The predicted octanol–water partition coefficient (Wildman–Crippen LogP) is 0.483. The molecule has 0 bridgehead atoms. The van der Waals surface area contributed by atoms with Crippen molar-refractivity contribution >= 4 is 0 Å². The molecule has 1 saturated heterocycles. The second-order valence-electron chi connectivity index (χ2n) is 3.75. The van der Waals surface area contributed by atoms with E-state index in [1.54, 1.807) is 6.20 Å². The van der Waals surface area contributed by atoms with Gasteiger partial charge in [0, 0.05) is 19.3 Å². The van der Waals surface area contributed by atoms with Gasteiger partial charge in [0.15, 0.2) is 0 Å². The van der Waals surface area contributed by atoms with Crippen molar-refractivity contribution in [3.8, 4) is 0 Å². The zero-order valence-electron chi connectivity index (χ0n) is 8.15. The Balaban J connectivity index is 2.27. The van der Waals surface area contributed by atoms with E-state index in [0.717, 1.165) is 25.1 Å². The van der Waals surface area contributed by atoms with E-state index in [0.29, 0.717) is 13.2 Å². The zero-order valence-corrected chi connectivity index (χ0v) is 8.15.